The first-order chi connectivity index (χ1) is 13.0. The number of nitrogens with zero attached hydrogens (tertiary/aromatic N) is 4. The summed E-state index contributed by atoms with van der Waals surface area (Å²) < 4.78 is 8.76. The zero-order valence-corrected chi connectivity index (χ0v) is 18.9. The van der Waals surface area contributed by atoms with Crippen LogP contribution in [0.2, 0.25) is 18.1 Å². The molecule has 6 nitrogen and oxygen atoms in total. The van der Waals surface area contributed by atoms with E-state index in [4.69, 9.17) is 20.1 Å². The van der Waals surface area contributed by atoms with Gasteiger partial charge in [-0.3, -0.25) is 4.57 Å². The molecule has 3 heterocycles. The first kappa shape index (κ1) is 20.5. The molecule has 0 aliphatic carbocycles. The number of rotatable bonds is 5. The third kappa shape index (κ3) is 3.68. The van der Waals surface area contributed by atoms with Crippen molar-refractivity contribution in [1.29, 1.82) is 0 Å². The van der Waals surface area contributed by atoms with Gasteiger partial charge in [0.25, 0.3) is 0 Å². The molecule has 0 aliphatic rings. The Morgan fingerprint density at radius 2 is 1.89 bits per heavy atom. The maximum atomic E-state index is 6.69. The van der Waals surface area contributed by atoms with Crippen LogP contribution in [0.25, 0.3) is 22.6 Å². The third-order valence-corrected chi connectivity index (χ3v) is 10.2. The second-order valence-corrected chi connectivity index (χ2v) is 13.5. The maximum absolute atomic E-state index is 6.69. The quantitative estimate of drug-likeness (QED) is 0.600. The molecule has 0 aliphatic heterocycles. The van der Waals surface area contributed by atoms with Crippen molar-refractivity contribution in [3.8, 4) is 11.4 Å². The molecule has 0 saturated carbocycles. The van der Waals surface area contributed by atoms with E-state index in [0.717, 1.165) is 34.7 Å². The van der Waals surface area contributed by atoms with Crippen molar-refractivity contribution in [2.45, 2.75) is 65.4 Å². The highest BCUT2D eigenvalue weighted by Crippen LogP contribution is 2.40. The molecule has 150 valence electrons. The fraction of sp³-hybridized carbons (Fsp3) is 0.476. The lowest BCUT2D eigenvalue weighted by Gasteiger charge is -2.39. The van der Waals surface area contributed by atoms with Crippen molar-refractivity contribution >= 4 is 25.3 Å². The average Bonchev–Trinajstić information content (AvgIpc) is 2.99. The summed E-state index contributed by atoms with van der Waals surface area (Å²) in [5, 5.41) is 0.104. The average molecular weight is 398 g/mol. The van der Waals surface area contributed by atoms with E-state index < -0.39 is 8.32 Å². The van der Waals surface area contributed by atoms with Crippen LogP contribution < -0.4 is 5.73 Å². The van der Waals surface area contributed by atoms with Gasteiger partial charge in [0.1, 0.15) is 23.4 Å². The van der Waals surface area contributed by atoms with Gasteiger partial charge in [-0.1, -0.05) is 27.7 Å². The molecule has 7 heteroatoms. The zero-order valence-electron chi connectivity index (χ0n) is 17.9. The first-order valence-corrected chi connectivity index (χ1v) is 12.7. The number of fused-ring (bicyclic) bond motifs is 1. The summed E-state index contributed by atoms with van der Waals surface area (Å²) in [4.78, 5) is 14.0. The third-order valence-electron chi connectivity index (χ3n) is 5.67. The van der Waals surface area contributed by atoms with Gasteiger partial charge in [-0.2, -0.15) is 0 Å². The van der Waals surface area contributed by atoms with Gasteiger partial charge in [-0.25, -0.2) is 15.0 Å². The standard InChI is InChI=1S/C21H31N5OSi/c1-8-15-11-12-17-20(24-15)26(14(2)27-28(6,7)21(3,4)5)19(25-17)16-10-9-13-23-18(16)22/h9-14H,8H2,1-7H3,(H2,22,23). The number of pyridine rings is 2. The van der Waals surface area contributed by atoms with Gasteiger partial charge in [0.15, 0.2) is 14.0 Å². The second-order valence-electron chi connectivity index (χ2n) is 8.72. The number of nitrogens with two attached hydrogens (primary N) is 1. The summed E-state index contributed by atoms with van der Waals surface area (Å²) in [6.45, 7) is 15.4. The van der Waals surface area contributed by atoms with Crippen LogP contribution in [0.5, 0.6) is 0 Å². The largest absolute Gasteiger partial charge is 0.397 e. The number of hydrogen-bond acceptors (Lipinski definition) is 5. The first-order valence-electron chi connectivity index (χ1n) is 9.81. The van der Waals surface area contributed by atoms with Crippen molar-refractivity contribution in [1.82, 2.24) is 19.5 Å². The lowest BCUT2D eigenvalue weighted by Crippen LogP contribution is -2.42. The number of aromatic nitrogens is 4. The molecule has 28 heavy (non-hydrogen) atoms. The van der Waals surface area contributed by atoms with Gasteiger partial charge in [0.05, 0.1) is 5.56 Å². The van der Waals surface area contributed by atoms with Crippen LogP contribution in [0, 0.1) is 0 Å². The Hall–Kier alpha value is -2.25. The topological polar surface area (TPSA) is 78.8 Å². The smallest absolute Gasteiger partial charge is 0.194 e. The lowest BCUT2D eigenvalue weighted by molar-refractivity contribution is 0.138. The van der Waals surface area contributed by atoms with E-state index in [-0.39, 0.29) is 11.3 Å². The van der Waals surface area contributed by atoms with Crippen LogP contribution >= 0.6 is 0 Å². The van der Waals surface area contributed by atoms with Crippen LogP contribution in [0.3, 0.4) is 0 Å². The second kappa shape index (κ2) is 7.29. The Morgan fingerprint density at radius 3 is 2.50 bits per heavy atom. The molecule has 1 atom stereocenters. The number of hydrogen-bond donors (Lipinski definition) is 1. The van der Waals surface area contributed by atoms with Gasteiger partial charge in [0.2, 0.25) is 0 Å². The molecular weight excluding hydrogens is 366 g/mol. The maximum Gasteiger partial charge on any atom is 0.194 e. The summed E-state index contributed by atoms with van der Waals surface area (Å²) in [7, 11) is -1.99. The molecule has 3 aromatic rings. The number of anilines is 1. The monoisotopic (exact) mass is 397 g/mol. The minimum absolute atomic E-state index is 0.104. The molecule has 0 radical (unpaired) electrons. The summed E-state index contributed by atoms with van der Waals surface area (Å²) in [5.74, 6) is 1.20. The van der Waals surface area contributed by atoms with Gasteiger partial charge in [0, 0.05) is 11.9 Å². The van der Waals surface area contributed by atoms with Crippen molar-refractivity contribution in [3.05, 3.63) is 36.2 Å². The lowest BCUT2D eigenvalue weighted by atomic mass is 10.2. The van der Waals surface area contributed by atoms with Gasteiger partial charge < -0.3 is 10.2 Å². The molecular formula is C21H31N5OSi. The van der Waals surface area contributed by atoms with E-state index in [1.807, 2.05) is 24.3 Å². The van der Waals surface area contributed by atoms with E-state index in [2.05, 4.69) is 57.3 Å². The molecule has 0 spiro atoms. The molecule has 0 amide bonds. The highest BCUT2D eigenvalue weighted by Gasteiger charge is 2.39. The van der Waals surface area contributed by atoms with Crippen LogP contribution in [0.1, 0.15) is 46.5 Å². The molecule has 0 saturated heterocycles. The SMILES string of the molecule is CCc1ccc2nc(-c3cccnc3N)n(C(C)O[Si](C)(C)C(C)(C)C)c2n1. The van der Waals surface area contributed by atoms with Crippen molar-refractivity contribution in [2.75, 3.05) is 5.73 Å². The predicted octanol–water partition coefficient (Wildman–Crippen LogP) is 5.18. The van der Waals surface area contributed by atoms with E-state index >= 15 is 0 Å². The summed E-state index contributed by atoms with van der Waals surface area (Å²) in [6.07, 6.45) is 2.33. The van der Waals surface area contributed by atoms with Gasteiger partial charge >= 0.3 is 0 Å². The molecule has 3 rings (SSSR count). The van der Waals surface area contributed by atoms with E-state index in [1.165, 1.54) is 0 Å². The minimum atomic E-state index is -1.99. The molecule has 0 bridgehead atoms. The zero-order chi connectivity index (χ0) is 20.7. The van der Waals surface area contributed by atoms with Gasteiger partial charge in [-0.15, -0.1) is 0 Å². The molecule has 0 fully saturated rings. The fourth-order valence-corrected chi connectivity index (χ4v) is 4.32. The Bertz CT molecular complexity index is 990. The molecule has 0 aromatic carbocycles. The molecule has 2 N–H and O–H groups in total. The Balaban J connectivity index is 2.20. The van der Waals surface area contributed by atoms with Crippen molar-refractivity contribution in [3.63, 3.8) is 0 Å². The van der Waals surface area contributed by atoms with E-state index in [1.54, 1.807) is 6.20 Å². The van der Waals surface area contributed by atoms with Crippen LogP contribution in [-0.2, 0) is 10.8 Å². The number of nitrogen functional groups attached to an aromatic ring is 1. The normalized spacial score (nSPS) is 13.8. The van der Waals surface area contributed by atoms with Crippen LogP contribution in [0.4, 0.5) is 5.82 Å². The summed E-state index contributed by atoms with van der Waals surface area (Å²) in [6, 6.07) is 7.86. The van der Waals surface area contributed by atoms with Gasteiger partial charge in [-0.05, 0) is 55.7 Å². The number of aryl methyl sites for hydroxylation is 1. The molecule has 1 unspecified atom stereocenters. The summed E-state index contributed by atoms with van der Waals surface area (Å²) in [5.41, 5.74) is 9.66. The fourth-order valence-electron chi connectivity index (χ4n) is 3.01. The Labute approximate surface area is 168 Å². The predicted molar refractivity (Wildman–Crippen MR) is 118 cm³/mol. The highest BCUT2D eigenvalue weighted by molar-refractivity contribution is 6.74. The van der Waals surface area contributed by atoms with Crippen molar-refractivity contribution < 1.29 is 4.43 Å². The van der Waals surface area contributed by atoms with E-state index in [9.17, 15) is 0 Å². The Morgan fingerprint density at radius 1 is 1.18 bits per heavy atom. The van der Waals surface area contributed by atoms with Crippen molar-refractivity contribution in [2.24, 2.45) is 0 Å². The van der Waals surface area contributed by atoms with E-state index in [0.29, 0.717) is 5.82 Å². The Kier molecular flexibility index (Phi) is 5.33. The number of imidazole rings is 1. The minimum Gasteiger partial charge on any atom is -0.397 e. The van der Waals surface area contributed by atoms with Crippen LogP contribution in [-0.4, -0.2) is 27.8 Å². The summed E-state index contributed by atoms with van der Waals surface area (Å²) >= 11 is 0. The highest BCUT2D eigenvalue weighted by atomic mass is 28.4. The van der Waals surface area contributed by atoms with Crippen LogP contribution in [0.15, 0.2) is 30.5 Å². The molecule has 3 aromatic heterocycles.